The molecule has 4 rings (SSSR count). The Hall–Kier alpha value is -2.53. The van der Waals surface area contributed by atoms with Crippen molar-refractivity contribution in [3.63, 3.8) is 0 Å². The van der Waals surface area contributed by atoms with E-state index in [2.05, 4.69) is 4.98 Å². The predicted molar refractivity (Wildman–Crippen MR) is 102 cm³/mol. The molecule has 1 heterocycles. The second kappa shape index (κ2) is 7.38. The number of aromatic nitrogens is 1. The average Bonchev–Trinajstić information content (AvgIpc) is 3.29. The van der Waals surface area contributed by atoms with E-state index in [0.717, 1.165) is 34.5 Å². The van der Waals surface area contributed by atoms with Crippen molar-refractivity contribution in [2.24, 2.45) is 0 Å². The smallest absolute Gasteiger partial charge is 0.306 e. The number of para-hydroxylation sites is 1. The summed E-state index contributed by atoms with van der Waals surface area (Å²) in [6, 6.07) is 13.7. The fourth-order valence-electron chi connectivity index (χ4n) is 3.28. The first-order valence-electron chi connectivity index (χ1n) is 8.84. The summed E-state index contributed by atoms with van der Waals surface area (Å²) in [7, 11) is 0. The normalized spacial score (nSPS) is 12.9. The molecule has 5 heteroatoms. The number of thiazole rings is 1. The van der Waals surface area contributed by atoms with Crippen LogP contribution < -0.4 is 0 Å². The number of carbonyl (C=O) groups excluding carboxylic acids is 2. The van der Waals surface area contributed by atoms with Crippen LogP contribution in [0.3, 0.4) is 0 Å². The number of nitrogens with zero attached hydrogens (tertiary/aromatic N) is 1. The Bertz CT molecular complexity index is 943. The van der Waals surface area contributed by atoms with E-state index in [-0.39, 0.29) is 24.8 Å². The molecular formula is C21H19NO3S. The van der Waals surface area contributed by atoms with Crippen molar-refractivity contribution in [3.8, 4) is 0 Å². The molecule has 4 nitrogen and oxygen atoms in total. The molecule has 0 saturated heterocycles. The summed E-state index contributed by atoms with van der Waals surface area (Å²) >= 11 is 1.59. The monoisotopic (exact) mass is 365 g/mol. The van der Waals surface area contributed by atoms with Crippen molar-refractivity contribution in [3.05, 3.63) is 64.2 Å². The second-order valence-electron chi connectivity index (χ2n) is 6.50. The molecule has 0 saturated carbocycles. The molecule has 0 bridgehead atoms. The van der Waals surface area contributed by atoms with E-state index in [4.69, 9.17) is 4.74 Å². The summed E-state index contributed by atoms with van der Waals surface area (Å²) in [5.41, 5.74) is 4.16. The van der Waals surface area contributed by atoms with Gasteiger partial charge in [-0.1, -0.05) is 24.3 Å². The van der Waals surface area contributed by atoms with Gasteiger partial charge in [-0.15, -0.1) is 11.3 Å². The average molecular weight is 365 g/mol. The van der Waals surface area contributed by atoms with Gasteiger partial charge in [-0.3, -0.25) is 9.59 Å². The van der Waals surface area contributed by atoms with E-state index in [1.54, 1.807) is 11.3 Å². The van der Waals surface area contributed by atoms with E-state index >= 15 is 0 Å². The van der Waals surface area contributed by atoms with Crippen molar-refractivity contribution in [2.75, 3.05) is 6.61 Å². The van der Waals surface area contributed by atoms with Gasteiger partial charge in [-0.25, -0.2) is 4.98 Å². The summed E-state index contributed by atoms with van der Waals surface area (Å²) in [6.07, 6.45) is 4.03. The summed E-state index contributed by atoms with van der Waals surface area (Å²) in [5.74, 6) is -0.508. The van der Waals surface area contributed by atoms with Crippen LogP contribution in [0.1, 0.15) is 39.3 Å². The first-order valence-corrected chi connectivity index (χ1v) is 9.66. The van der Waals surface area contributed by atoms with Crippen LogP contribution in [0.2, 0.25) is 0 Å². The van der Waals surface area contributed by atoms with Crippen LogP contribution in [-0.2, 0) is 28.8 Å². The molecule has 3 aromatic rings. The Morgan fingerprint density at radius 3 is 2.81 bits per heavy atom. The van der Waals surface area contributed by atoms with E-state index in [1.165, 1.54) is 11.1 Å². The Kier molecular flexibility index (Phi) is 4.80. The standard InChI is InChI=1S/C21H19NO3S/c23-18(16-9-8-14-4-3-5-15(14)12-16)13-25-21(24)11-10-20-22-17-6-1-2-7-19(17)26-20/h1-2,6-9,12H,3-5,10-11,13H2. The molecule has 0 atom stereocenters. The van der Waals surface area contributed by atoms with Crippen LogP contribution in [-0.4, -0.2) is 23.3 Å². The molecule has 0 N–H and O–H groups in total. The quantitative estimate of drug-likeness (QED) is 0.486. The summed E-state index contributed by atoms with van der Waals surface area (Å²) in [5, 5.41) is 0.910. The molecule has 2 aromatic carbocycles. The highest BCUT2D eigenvalue weighted by Gasteiger charge is 2.15. The minimum absolute atomic E-state index is 0.145. The highest BCUT2D eigenvalue weighted by molar-refractivity contribution is 7.18. The lowest BCUT2D eigenvalue weighted by Gasteiger charge is -2.06. The molecular weight excluding hydrogens is 346 g/mol. The van der Waals surface area contributed by atoms with Crippen LogP contribution in [0.4, 0.5) is 0 Å². The van der Waals surface area contributed by atoms with Gasteiger partial charge in [-0.05, 0) is 48.6 Å². The predicted octanol–water partition coefficient (Wildman–Crippen LogP) is 4.14. The number of ketones is 1. The van der Waals surface area contributed by atoms with E-state index in [0.29, 0.717) is 12.0 Å². The molecule has 0 spiro atoms. The molecule has 0 fully saturated rings. The first kappa shape index (κ1) is 16.9. The number of fused-ring (bicyclic) bond motifs is 2. The minimum atomic E-state index is -0.362. The number of hydrogen-bond donors (Lipinski definition) is 0. The zero-order valence-corrected chi connectivity index (χ0v) is 15.2. The topological polar surface area (TPSA) is 56.3 Å². The van der Waals surface area contributed by atoms with Gasteiger partial charge >= 0.3 is 5.97 Å². The van der Waals surface area contributed by atoms with Crippen molar-refractivity contribution >= 4 is 33.3 Å². The van der Waals surface area contributed by atoms with E-state index < -0.39 is 0 Å². The second-order valence-corrected chi connectivity index (χ2v) is 7.61. The third-order valence-electron chi connectivity index (χ3n) is 4.67. The molecule has 0 radical (unpaired) electrons. The summed E-state index contributed by atoms with van der Waals surface area (Å²) in [4.78, 5) is 28.7. The largest absolute Gasteiger partial charge is 0.457 e. The SMILES string of the molecule is O=C(CCc1nc2ccccc2s1)OCC(=O)c1ccc2c(c1)CCC2. The molecule has 0 aliphatic heterocycles. The Morgan fingerprint density at radius 1 is 1.08 bits per heavy atom. The molecule has 26 heavy (non-hydrogen) atoms. The van der Waals surface area contributed by atoms with Gasteiger partial charge < -0.3 is 4.74 Å². The number of esters is 1. The number of Topliss-reactive ketones (excluding diaryl/α,β-unsaturated/α-hetero) is 1. The van der Waals surface area contributed by atoms with Gasteiger partial charge in [0.1, 0.15) is 0 Å². The van der Waals surface area contributed by atoms with Gasteiger partial charge in [-0.2, -0.15) is 0 Å². The molecule has 0 amide bonds. The van der Waals surface area contributed by atoms with E-state index in [9.17, 15) is 9.59 Å². The molecule has 1 aliphatic carbocycles. The number of rotatable bonds is 6. The van der Waals surface area contributed by atoms with Crippen LogP contribution >= 0.6 is 11.3 Å². The molecule has 1 aromatic heterocycles. The summed E-state index contributed by atoms with van der Waals surface area (Å²) in [6.45, 7) is -0.197. The zero-order chi connectivity index (χ0) is 17.9. The lowest BCUT2D eigenvalue weighted by Crippen LogP contribution is -2.14. The third kappa shape index (κ3) is 3.68. The number of hydrogen-bond acceptors (Lipinski definition) is 5. The van der Waals surface area contributed by atoms with Crippen molar-refractivity contribution in [1.82, 2.24) is 4.98 Å². The maximum atomic E-state index is 12.3. The van der Waals surface area contributed by atoms with Crippen LogP contribution in [0, 0.1) is 0 Å². The van der Waals surface area contributed by atoms with Crippen LogP contribution in [0.5, 0.6) is 0 Å². The van der Waals surface area contributed by atoms with E-state index in [1.807, 2.05) is 42.5 Å². The van der Waals surface area contributed by atoms with Gasteiger partial charge in [0, 0.05) is 12.0 Å². The minimum Gasteiger partial charge on any atom is -0.457 e. The lowest BCUT2D eigenvalue weighted by molar-refractivity contribution is -0.142. The summed E-state index contributed by atoms with van der Waals surface area (Å²) < 4.78 is 6.28. The highest BCUT2D eigenvalue weighted by atomic mass is 32.1. The van der Waals surface area contributed by atoms with Crippen molar-refractivity contribution in [1.29, 1.82) is 0 Å². The number of aryl methyl sites for hydroxylation is 3. The highest BCUT2D eigenvalue weighted by Crippen LogP contribution is 2.24. The van der Waals surface area contributed by atoms with Crippen molar-refractivity contribution < 1.29 is 14.3 Å². The lowest BCUT2D eigenvalue weighted by atomic mass is 10.0. The molecule has 0 unspecified atom stereocenters. The van der Waals surface area contributed by atoms with Gasteiger partial charge in [0.15, 0.2) is 12.4 Å². The van der Waals surface area contributed by atoms with Crippen LogP contribution in [0.15, 0.2) is 42.5 Å². The van der Waals surface area contributed by atoms with Crippen LogP contribution in [0.25, 0.3) is 10.2 Å². The number of ether oxygens (including phenoxy) is 1. The maximum Gasteiger partial charge on any atom is 0.306 e. The Labute approximate surface area is 155 Å². The molecule has 1 aliphatic rings. The number of benzene rings is 2. The molecule has 132 valence electrons. The van der Waals surface area contributed by atoms with Gasteiger partial charge in [0.2, 0.25) is 0 Å². The maximum absolute atomic E-state index is 12.3. The fraction of sp³-hybridized carbons (Fsp3) is 0.286. The van der Waals surface area contributed by atoms with Gasteiger partial charge in [0.05, 0.1) is 21.6 Å². The number of carbonyl (C=O) groups is 2. The Morgan fingerprint density at radius 2 is 1.92 bits per heavy atom. The fourth-order valence-corrected chi connectivity index (χ4v) is 4.25. The Balaban J connectivity index is 1.29. The first-order chi connectivity index (χ1) is 12.7. The van der Waals surface area contributed by atoms with Gasteiger partial charge in [0.25, 0.3) is 0 Å². The third-order valence-corrected chi connectivity index (χ3v) is 5.76. The van der Waals surface area contributed by atoms with Crippen molar-refractivity contribution in [2.45, 2.75) is 32.1 Å². The zero-order valence-electron chi connectivity index (χ0n) is 14.4.